The van der Waals surface area contributed by atoms with Gasteiger partial charge in [0, 0.05) is 24.2 Å². The third-order valence-corrected chi connectivity index (χ3v) is 2.00. The predicted molar refractivity (Wildman–Crippen MR) is 46.8 cm³/mol. The van der Waals surface area contributed by atoms with Gasteiger partial charge in [-0.1, -0.05) is 18.2 Å². The molecular formula is C8H14ClNO. The molecule has 0 radical (unpaired) electrons. The number of rotatable bonds is 2. The van der Waals surface area contributed by atoms with Crippen molar-refractivity contribution in [3.05, 3.63) is 11.6 Å². The van der Waals surface area contributed by atoms with Crippen LogP contribution in [0, 0.1) is 0 Å². The van der Waals surface area contributed by atoms with Crippen LogP contribution in [0.15, 0.2) is 11.6 Å². The number of hydrogen-bond acceptors (Lipinski definition) is 2. The standard InChI is InChI=1S/C8H14ClNO/c1-7(9)5-10-3-4-11-6-8(10)2/h8H,1,3-6H2,2H3/t8-/m1/s1. The van der Waals surface area contributed by atoms with Crippen LogP contribution in [-0.4, -0.2) is 37.2 Å². The smallest absolute Gasteiger partial charge is 0.0619 e. The van der Waals surface area contributed by atoms with Gasteiger partial charge in [0.2, 0.25) is 0 Å². The van der Waals surface area contributed by atoms with Crippen LogP contribution in [0.5, 0.6) is 0 Å². The van der Waals surface area contributed by atoms with Gasteiger partial charge in [-0.3, -0.25) is 4.90 Å². The van der Waals surface area contributed by atoms with Gasteiger partial charge < -0.3 is 4.74 Å². The first kappa shape index (κ1) is 9.04. The number of halogens is 1. The average molecular weight is 176 g/mol. The lowest BCUT2D eigenvalue weighted by Crippen LogP contribution is -2.43. The van der Waals surface area contributed by atoms with E-state index in [9.17, 15) is 0 Å². The molecule has 1 rings (SSSR count). The molecule has 64 valence electrons. The Bertz CT molecular complexity index is 149. The Morgan fingerprint density at radius 1 is 1.82 bits per heavy atom. The number of ether oxygens (including phenoxy) is 1. The Morgan fingerprint density at radius 2 is 2.55 bits per heavy atom. The number of hydrogen-bond donors (Lipinski definition) is 0. The fourth-order valence-electron chi connectivity index (χ4n) is 1.22. The average Bonchev–Trinajstić information content (AvgIpc) is 1.93. The Morgan fingerprint density at radius 3 is 3.09 bits per heavy atom. The maximum atomic E-state index is 5.70. The van der Waals surface area contributed by atoms with Crippen LogP contribution in [0.1, 0.15) is 6.92 Å². The highest BCUT2D eigenvalue weighted by Gasteiger charge is 2.18. The van der Waals surface area contributed by atoms with Crippen molar-refractivity contribution in [2.45, 2.75) is 13.0 Å². The quantitative estimate of drug-likeness (QED) is 0.630. The second kappa shape index (κ2) is 4.10. The molecule has 0 N–H and O–H groups in total. The summed E-state index contributed by atoms with van der Waals surface area (Å²) in [5.74, 6) is 0. The summed E-state index contributed by atoms with van der Waals surface area (Å²) in [6.45, 7) is 9.18. The van der Waals surface area contributed by atoms with E-state index in [4.69, 9.17) is 16.3 Å². The molecule has 0 aromatic rings. The minimum atomic E-state index is 0.472. The van der Waals surface area contributed by atoms with Crippen molar-refractivity contribution in [2.75, 3.05) is 26.3 Å². The van der Waals surface area contributed by atoms with E-state index in [1.165, 1.54) is 0 Å². The summed E-state index contributed by atoms with van der Waals surface area (Å²) in [4.78, 5) is 2.28. The molecule has 0 aromatic heterocycles. The number of nitrogens with zero attached hydrogens (tertiary/aromatic N) is 1. The van der Waals surface area contributed by atoms with Gasteiger partial charge in [-0.15, -0.1) is 0 Å². The zero-order valence-corrected chi connectivity index (χ0v) is 7.60. The summed E-state index contributed by atoms with van der Waals surface area (Å²) in [7, 11) is 0. The molecule has 0 amide bonds. The Labute approximate surface area is 72.8 Å². The highest BCUT2D eigenvalue weighted by Crippen LogP contribution is 2.09. The summed E-state index contributed by atoms with van der Waals surface area (Å²) in [6.07, 6.45) is 0. The summed E-state index contributed by atoms with van der Waals surface area (Å²) < 4.78 is 5.28. The van der Waals surface area contributed by atoms with E-state index < -0.39 is 0 Å². The van der Waals surface area contributed by atoms with Gasteiger partial charge in [0.15, 0.2) is 0 Å². The molecule has 1 fully saturated rings. The van der Waals surface area contributed by atoms with E-state index in [1.807, 2.05) is 0 Å². The first-order valence-corrected chi connectivity index (χ1v) is 4.23. The third-order valence-electron chi connectivity index (χ3n) is 1.88. The van der Waals surface area contributed by atoms with Crippen LogP contribution in [-0.2, 0) is 4.74 Å². The first-order valence-electron chi connectivity index (χ1n) is 3.85. The predicted octanol–water partition coefficient (Wildman–Crippen LogP) is 1.46. The van der Waals surface area contributed by atoms with E-state index in [2.05, 4.69) is 18.4 Å². The molecule has 0 unspecified atom stereocenters. The Balaban J connectivity index is 2.35. The van der Waals surface area contributed by atoms with E-state index in [1.54, 1.807) is 0 Å². The van der Waals surface area contributed by atoms with Crippen molar-refractivity contribution in [2.24, 2.45) is 0 Å². The Kier molecular flexibility index (Phi) is 3.37. The molecule has 0 spiro atoms. The van der Waals surface area contributed by atoms with Crippen molar-refractivity contribution < 1.29 is 4.74 Å². The molecule has 0 aromatic carbocycles. The summed E-state index contributed by atoms with van der Waals surface area (Å²) in [6, 6.07) is 0.472. The first-order chi connectivity index (χ1) is 5.20. The van der Waals surface area contributed by atoms with Crippen molar-refractivity contribution in [3.8, 4) is 0 Å². The van der Waals surface area contributed by atoms with E-state index in [-0.39, 0.29) is 0 Å². The van der Waals surface area contributed by atoms with Crippen LogP contribution < -0.4 is 0 Å². The van der Waals surface area contributed by atoms with Gasteiger partial charge in [-0.25, -0.2) is 0 Å². The lowest BCUT2D eigenvalue weighted by atomic mass is 10.2. The van der Waals surface area contributed by atoms with E-state index in [0.717, 1.165) is 26.3 Å². The lowest BCUT2D eigenvalue weighted by Gasteiger charge is -2.32. The van der Waals surface area contributed by atoms with Gasteiger partial charge in [0.1, 0.15) is 0 Å². The summed E-state index contributed by atoms with van der Waals surface area (Å²) >= 11 is 5.70. The van der Waals surface area contributed by atoms with Crippen LogP contribution >= 0.6 is 11.6 Å². The van der Waals surface area contributed by atoms with Gasteiger partial charge in [-0.2, -0.15) is 0 Å². The maximum Gasteiger partial charge on any atom is 0.0619 e. The largest absolute Gasteiger partial charge is 0.379 e. The second-order valence-electron chi connectivity index (χ2n) is 2.91. The molecule has 1 atom stereocenters. The van der Waals surface area contributed by atoms with E-state index >= 15 is 0 Å². The van der Waals surface area contributed by atoms with Crippen LogP contribution in [0.25, 0.3) is 0 Å². The zero-order chi connectivity index (χ0) is 8.27. The molecule has 11 heavy (non-hydrogen) atoms. The zero-order valence-electron chi connectivity index (χ0n) is 6.85. The topological polar surface area (TPSA) is 12.5 Å². The molecule has 1 aliphatic heterocycles. The van der Waals surface area contributed by atoms with Crippen molar-refractivity contribution in [1.82, 2.24) is 4.90 Å². The molecule has 0 bridgehead atoms. The van der Waals surface area contributed by atoms with Gasteiger partial charge in [0.05, 0.1) is 13.2 Å². The molecule has 1 heterocycles. The van der Waals surface area contributed by atoms with Gasteiger partial charge in [0.25, 0.3) is 0 Å². The van der Waals surface area contributed by atoms with Gasteiger partial charge >= 0.3 is 0 Å². The number of morpholine rings is 1. The maximum absolute atomic E-state index is 5.70. The normalized spacial score (nSPS) is 26.9. The van der Waals surface area contributed by atoms with Crippen molar-refractivity contribution in [1.29, 1.82) is 0 Å². The highest BCUT2D eigenvalue weighted by atomic mass is 35.5. The lowest BCUT2D eigenvalue weighted by molar-refractivity contribution is 0.00514. The fourth-order valence-corrected chi connectivity index (χ4v) is 1.37. The highest BCUT2D eigenvalue weighted by molar-refractivity contribution is 6.29. The fraction of sp³-hybridized carbons (Fsp3) is 0.750. The Hall–Kier alpha value is -0.0500. The van der Waals surface area contributed by atoms with Gasteiger partial charge in [-0.05, 0) is 6.92 Å². The van der Waals surface area contributed by atoms with Crippen molar-refractivity contribution in [3.63, 3.8) is 0 Å². The van der Waals surface area contributed by atoms with Crippen LogP contribution in [0.4, 0.5) is 0 Å². The minimum absolute atomic E-state index is 0.472. The molecule has 0 aliphatic carbocycles. The molecule has 1 saturated heterocycles. The van der Waals surface area contributed by atoms with Crippen LogP contribution in [0.2, 0.25) is 0 Å². The SMILES string of the molecule is C=C(Cl)CN1CCOC[C@H]1C. The second-order valence-corrected chi connectivity index (χ2v) is 3.45. The van der Waals surface area contributed by atoms with E-state index in [0.29, 0.717) is 11.1 Å². The summed E-state index contributed by atoms with van der Waals surface area (Å²) in [5, 5.41) is 0.707. The summed E-state index contributed by atoms with van der Waals surface area (Å²) in [5.41, 5.74) is 0. The molecule has 0 saturated carbocycles. The molecule has 3 heteroatoms. The minimum Gasteiger partial charge on any atom is -0.379 e. The van der Waals surface area contributed by atoms with Crippen LogP contribution in [0.3, 0.4) is 0 Å². The molecule has 1 aliphatic rings. The molecule has 2 nitrogen and oxygen atoms in total. The monoisotopic (exact) mass is 175 g/mol. The molecular weight excluding hydrogens is 162 g/mol. The third kappa shape index (κ3) is 2.81. The van der Waals surface area contributed by atoms with Crippen molar-refractivity contribution >= 4 is 11.6 Å².